The SMILES string of the molecule is CCC(=O)N1CCc2cc(Br)c(S(=O)(=O)Nc3cccc(SC)c3)cc21. The van der Waals surface area contributed by atoms with Crippen molar-refractivity contribution in [3.8, 4) is 0 Å². The number of amides is 1. The zero-order valence-electron chi connectivity index (χ0n) is 14.5. The van der Waals surface area contributed by atoms with Crippen LogP contribution in [-0.4, -0.2) is 27.1 Å². The summed E-state index contributed by atoms with van der Waals surface area (Å²) >= 11 is 4.92. The summed E-state index contributed by atoms with van der Waals surface area (Å²) in [5, 5.41) is 0. The molecule has 0 radical (unpaired) electrons. The molecule has 0 aliphatic carbocycles. The van der Waals surface area contributed by atoms with Crippen molar-refractivity contribution >= 4 is 55.0 Å². The van der Waals surface area contributed by atoms with E-state index >= 15 is 0 Å². The van der Waals surface area contributed by atoms with E-state index in [0.29, 0.717) is 28.8 Å². The van der Waals surface area contributed by atoms with Crippen molar-refractivity contribution in [3.63, 3.8) is 0 Å². The van der Waals surface area contributed by atoms with E-state index in [9.17, 15) is 13.2 Å². The molecule has 0 bridgehead atoms. The summed E-state index contributed by atoms with van der Waals surface area (Å²) in [7, 11) is -3.79. The van der Waals surface area contributed by atoms with Gasteiger partial charge in [-0.2, -0.15) is 0 Å². The molecule has 0 saturated heterocycles. The molecule has 1 heterocycles. The van der Waals surface area contributed by atoms with Crippen molar-refractivity contribution in [2.75, 3.05) is 22.4 Å². The molecule has 26 heavy (non-hydrogen) atoms. The van der Waals surface area contributed by atoms with E-state index in [1.54, 1.807) is 47.9 Å². The van der Waals surface area contributed by atoms with E-state index < -0.39 is 10.0 Å². The Hall–Kier alpha value is -1.51. The normalized spacial score (nSPS) is 13.6. The maximum atomic E-state index is 12.9. The van der Waals surface area contributed by atoms with Gasteiger partial charge in [0.15, 0.2) is 0 Å². The molecule has 2 aromatic rings. The van der Waals surface area contributed by atoms with Gasteiger partial charge in [-0.25, -0.2) is 8.42 Å². The Balaban J connectivity index is 1.99. The average molecular weight is 455 g/mol. The third-order valence-electron chi connectivity index (χ3n) is 4.24. The lowest BCUT2D eigenvalue weighted by atomic mass is 10.2. The molecule has 0 fully saturated rings. The Kier molecular flexibility index (Phi) is 5.64. The number of hydrogen-bond donors (Lipinski definition) is 1. The van der Waals surface area contributed by atoms with E-state index in [2.05, 4.69) is 20.7 Å². The number of halogens is 1. The summed E-state index contributed by atoms with van der Waals surface area (Å²) in [6.45, 7) is 2.39. The first-order valence-electron chi connectivity index (χ1n) is 8.15. The molecule has 0 unspecified atom stereocenters. The van der Waals surface area contributed by atoms with Gasteiger partial charge >= 0.3 is 0 Å². The van der Waals surface area contributed by atoms with Crippen LogP contribution >= 0.6 is 27.7 Å². The highest BCUT2D eigenvalue weighted by atomic mass is 79.9. The minimum Gasteiger partial charge on any atom is -0.312 e. The largest absolute Gasteiger partial charge is 0.312 e. The minimum atomic E-state index is -3.79. The number of nitrogens with zero attached hydrogens (tertiary/aromatic N) is 1. The highest BCUT2D eigenvalue weighted by Crippen LogP contribution is 2.36. The van der Waals surface area contributed by atoms with E-state index in [-0.39, 0.29) is 10.8 Å². The fraction of sp³-hybridized carbons (Fsp3) is 0.278. The lowest BCUT2D eigenvalue weighted by Crippen LogP contribution is -2.28. The van der Waals surface area contributed by atoms with Gasteiger partial charge in [0.05, 0.1) is 0 Å². The van der Waals surface area contributed by atoms with Crippen LogP contribution in [0.4, 0.5) is 11.4 Å². The van der Waals surface area contributed by atoms with Crippen molar-refractivity contribution in [1.29, 1.82) is 0 Å². The summed E-state index contributed by atoms with van der Waals surface area (Å²) in [4.78, 5) is 14.9. The van der Waals surface area contributed by atoms with Crippen LogP contribution in [0.3, 0.4) is 0 Å². The van der Waals surface area contributed by atoms with Crippen molar-refractivity contribution in [3.05, 3.63) is 46.4 Å². The van der Waals surface area contributed by atoms with E-state index in [0.717, 1.165) is 16.9 Å². The van der Waals surface area contributed by atoms with Gasteiger partial charge in [0.1, 0.15) is 4.90 Å². The van der Waals surface area contributed by atoms with Gasteiger partial charge in [-0.1, -0.05) is 13.0 Å². The van der Waals surface area contributed by atoms with Crippen molar-refractivity contribution in [2.24, 2.45) is 0 Å². The topological polar surface area (TPSA) is 66.5 Å². The molecule has 5 nitrogen and oxygen atoms in total. The molecule has 138 valence electrons. The molecule has 0 saturated carbocycles. The Labute approximate surface area is 166 Å². The Bertz CT molecular complexity index is 961. The van der Waals surface area contributed by atoms with Crippen LogP contribution in [-0.2, 0) is 21.2 Å². The number of benzene rings is 2. The molecule has 2 aromatic carbocycles. The Morgan fingerprint density at radius 1 is 1.31 bits per heavy atom. The molecule has 0 aromatic heterocycles. The first kappa shape index (κ1) is 19.3. The predicted molar refractivity (Wildman–Crippen MR) is 110 cm³/mol. The smallest absolute Gasteiger partial charge is 0.263 e. The Morgan fingerprint density at radius 2 is 2.08 bits per heavy atom. The number of carbonyl (C=O) groups is 1. The molecule has 0 spiro atoms. The van der Waals surface area contributed by atoms with E-state index in [1.807, 2.05) is 18.4 Å². The molecule has 1 aliphatic heterocycles. The van der Waals surface area contributed by atoms with Crippen LogP contribution in [0, 0.1) is 0 Å². The van der Waals surface area contributed by atoms with Crippen molar-refractivity contribution in [1.82, 2.24) is 0 Å². The number of nitrogens with one attached hydrogen (secondary N) is 1. The van der Waals surface area contributed by atoms with Gasteiger partial charge < -0.3 is 4.90 Å². The van der Waals surface area contributed by atoms with Gasteiger partial charge in [0, 0.05) is 33.7 Å². The number of carbonyl (C=O) groups excluding carboxylic acids is 1. The van der Waals surface area contributed by atoms with Crippen LogP contribution in [0.15, 0.2) is 50.7 Å². The first-order valence-corrected chi connectivity index (χ1v) is 11.7. The fourth-order valence-electron chi connectivity index (χ4n) is 2.94. The highest BCUT2D eigenvalue weighted by molar-refractivity contribution is 9.10. The highest BCUT2D eigenvalue weighted by Gasteiger charge is 2.28. The van der Waals surface area contributed by atoms with Gasteiger partial charge in [-0.3, -0.25) is 9.52 Å². The van der Waals surface area contributed by atoms with Gasteiger partial charge in [0.25, 0.3) is 10.0 Å². The maximum Gasteiger partial charge on any atom is 0.263 e. The number of fused-ring (bicyclic) bond motifs is 1. The third-order valence-corrected chi connectivity index (χ3v) is 7.31. The van der Waals surface area contributed by atoms with Gasteiger partial charge in [0.2, 0.25) is 5.91 Å². The summed E-state index contributed by atoms with van der Waals surface area (Å²) in [5.74, 6) is -0.00458. The minimum absolute atomic E-state index is 0.00458. The number of thioether (sulfide) groups is 1. The van der Waals surface area contributed by atoms with Crippen LogP contribution in [0.1, 0.15) is 18.9 Å². The molecule has 1 aliphatic rings. The van der Waals surface area contributed by atoms with E-state index in [4.69, 9.17) is 0 Å². The lowest BCUT2D eigenvalue weighted by molar-refractivity contribution is -0.118. The second-order valence-corrected chi connectivity index (χ2v) is 9.28. The number of hydrogen-bond acceptors (Lipinski definition) is 4. The first-order chi connectivity index (χ1) is 12.4. The van der Waals surface area contributed by atoms with Gasteiger partial charge in [-0.15, -0.1) is 11.8 Å². The average Bonchev–Trinajstić information content (AvgIpc) is 3.02. The fourth-order valence-corrected chi connectivity index (χ4v) is 5.56. The van der Waals surface area contributed by atoms with E-state index in [1.165, 1.54) is 0 Å². The van der Waals surface area contributed by atoms with Crippen molar-refractivity contribution in [2.45, 2.75) is 29.6 Å². The maximum absolute atomic E-state index is 12.9. The summed E-state index contributed by atoms with van der Waals surface area (Å²) < 4.78 is 29.0. The number of sulfonamides is 1. The second kappa shape index (κ2) is 7.62. The number of anilines is 2. The quantitative estimate of drug-likeness (QED) is 0.684. The van der Waals surface area contributed by atoms with Crippen LogP contribution in [0.25, 0.3) is 0 Å². The molecule has 1 N–H and O–H groups in total. The zero-order valence-corrected chi connectivity index (χ0v) is 17.7. The Morgan fingerprint density at radius 3 is 2.77 bits per heavy atom. The second-order valence-electron chi connectivity index (χ2n) is 5.90. The summed E-state index contributed by atoms with van der Waals surface area (Å²) in [5.41, 5.74) is 2.16. The number of rotatable bonds is 5. The van der Waals surface area contributed by atoms with Crippen LogP contribution in [0.5, 0.6) is 0 Å². The van der Waals surface area contributed by atoms with Crippen molar-refractivity contribution < 1.29 is 13.2 Å². The summed E-state index contributed by atoms with van der Waals surface area (Å²) in [6.07, 6.45) is 3.05. The van der Waals surface area contributed by atoms with Gasteiger partial charge in [-0.05, 0) is 64.5 Å². The third kappa shape index (κ3) is 3.77. The molecule has 1 amide bonds. The molecule has 3 rings (SSSR count). The molecular formula is C18H19BrN2O3S2. The monoisotopic (exact) mass is 454 g/mol. The van der Waals surface area contributed by atoms with Crippen LogP contribution in [0.2, 0.25) is 0 Å². The lowest BCUT2D eigenvalue weighted by Gasteiger charge is -2.18. The standard InChI is InChI=1S/C18H19BrN2O3S2/c1-3-18(22)21-8-7-12-9-15(19)17(11-16(12)21)26(23,24)20-13-5-4-6-14(10-13)25-2/h4-6,9-11,20H,3,7-8H2,1-2H3. The molecular weight excluding hydrogens is 436 g/mol. The molecule has 8 heteroatoms. The van der Waals surface area contributed by atoms with Crippen LogP contribution < -0.4 is 9.62 Å². The summed E-state index contributed by atoms with van der Waals surface area (Å²) in [6, 6.07) is 10.6. The zero-order chi connectivity index (χ0) is 18.9. The molecule has 0 atom stereocenters. The predicted octanol–water partition coefficient (Wildman–Crippen LogP) is 4.27.